The average Bonchev–Trinajstić information content (AvgIpc) is 1.96. The van der Waals surface area contributed by atoms with Gasteiger partial charge in [-0.15, -0.1) is 0 Å². The van der Waals surface area contributed by atoms with E-state index in [1.807, 2.05) is 13.8 Å². The molecule has 2 heterocycles. The molecular weight excluding hydrogens is 168 g/mol. The summed E-state index contributed by atoms with van der Waals surface area (Å²) < 4.78 is 5.69. The molecule has 2 aliphatic heterocycles. The molecule has 0 amide bonds. The zero-order chi connectivity index (χ0) is 9.85. The fourth-order valence-electron chi connectivity index (χ4n) is 2.47. The monoisotopic (exact) mass is 184 g/mol. The van der Waals surface area contributed by atoms with E-state index in [1.165, 1.54) is 0 Å². The third-order valence-corrected chi connectivity index (χ3v) is 3.59. The highest BCUT2D eigenvalue weighted by Gasteiger charge is 2.58. The van der Waals surface area contributed by atoms with Gasteiger partial charge in [0.1, 0.15) is 5.60 Å². The molecule has 2 bridgehead atoms. The minimum absolute atomic E-state index is 0.0515. The van der Waals surface area contributed by atoms with E-state index in [1.54, 1.807) is 6.92 Å². The van der Waals surface area contributed by atoms with E-state index in [0.717, 1.165) is 0 Å². The molecule has 3 fully saturated rings. The van der Waals surface area contributed by atoms with Crippen LogP contribution in [-0.2, 0) is 9.53 Å². The molecule has 3 rings (SSSR count). The number of ether oxygens (including phenoxy) is 1. The van der Waals surface area contributed by atoms with E-state index in [-0.39, 0.29) is 17.3 Å². The highest BCUT2D eigenvalue weighted by atomic mass is 16.5. The van der Waals surface area contributed by atoms with Crippen molar-refractivity contribution in [2.45, 2.75) is 50.9 Å². The molecule has 13 heavy (non-hydrogen) atoms. The molecule has 0 aromatic carbocycles. The van der Waals surface area contributed by atoms with Crippen LogP contribution in [0.1, 0.15) is 33.6 Å². The molecule has 3 heteroatoms. The van der Waals surface area contributed by atoms with Crippen LogP contribution in [0.25, 0.3) is 0 Å². The Morgan fingerprint density at radius 2 is 2.08 bits per heavy atom. The largest absolute Gasteiger partial charge is 0.390 e. The zero-order valence-electron chi connectivity index (χ0n) is 8.33. The minimum Gasteiger partial charge on any atom is -0.390 e. The van der Waals surface area contributed by atoms with Crippen molar-refractivity contribution in [3.63, 3.8) is 0 Å². The maximum absolute atomic E-state index is 11.6. The second-order valence-corrected chi connectivity index (χ2v) is 4.89. The Balaban J connectivity index is 2.37. The molecule has 3 nitrogen and oxygen atoms in total. The number of carbonyl (C=O) groups is 1. The van der Waals surface area contributed by atoms with Gasteiger partial charge in [-0.05, 0) is 33.1 Å². The number of aliphatic hydroxyl groups is 1. The van der Waals surface area contributed by atoms with Crippen LogP contribution < -0.4 is 0 Å². The Morgan fingerprint density at radius 3 is 2.54 bits per heavy atom. The predicted octanol–water partition coefficient (Wildman–Crippen LogP) is 0.894. The van der Waals surface area contributed by atoms with Crippen LogP contribution in [0.2, 0.25) is 0 Å². The number of hydrogen-bond acceptors (Lipinski definition) is 3. The highest BCUT2D eigenvalue weighted by molar-refractivity contribution is 5.89. The number of Topliss-reactive ketones (excluding diaryl/α,β-unsaturated/α-hetero) is 1. The quantitative estimate of drug-likeness (QED) is 0.608. The van der Waals surface area contributed by atoms with Crippen LogP contribution in [0.3, 0.4) is 0 Å². The fourth-order valence-corrected chi connectivity index (χ4v) is 2.47. The number of hydrogen-bond donors (Lipinski definition) is 1. The van der Waals surface area contributed by atoms with Crippen molar-refractivity contribution in [2.75, 3.05) is 0 Å². The van der Waals surface area contributed by atoms with Gasteiger partial charge in [0.15, 0.2) is 5.78 Å². The molecule has 74 valence electrons. The van der Waals surface area contributed by atoms with E-state index in [4.69, 9.17) is 4.74 Å². The van der Waals surface area contributed by atoms with Gasteiger partial charge in [0.2, 0.25) is 0 Å². The molecule has 1 aliphatic carbocycles. The van der Waals surface area contributed by atoms with Gasteiger partial charge in [-0.2, -0.15) is 0 Å². The van der Waals surface area contributed by atoms with E-state index in [0.29, 0.717) is 12.8 Å². The third kappa shape index (κ3) is 1.07. The summed E-state index contributed by atoms with van der Waals surface area (Å²) in [5.41, 5.74) is -1.21. The van der Waals surface area contributed by atoms with Crippen LogP contribution in [0.4, 0.5) is 0 Å². The molecule has 1 saturated carbocycles. The summed E-state index contributed by atoms with van der Waals surface area (Å²) in [5.74, 6) is 0.229. The number of carbonyl (C=O) groups excluding carboxylic acids is 1. The second kappa shape index (κ2) is 2.34. The van der Waals surface area contributed by atoms with Crippen molar-refractivity contribution >= 4 is 5.78 Å². The third-order valence-electron chi connectivity index (χ3n) is 3.59. The summed E-state index contributed by atoms with van der Waals surface area (Å²) in [6, 6.07) is 0. The smallest absolute Gasteiger partial charge is 0.167 e. The van der Waals surface area contributed by atoms with Crippen molar-refractivity contribution in [3.8, 4) is 0 Å². The molecule has 3 atom stereocenters. The normalized spacial score (nSPS) is 48.2. The van der Waals surface area contributed by atoms with E-state index in [2.05, 4.69) is 0 Å². The molecule has 3 unspecified atom stereocenters. The van der Waals surface area contributed by atoms with Crippen LogP contribution in [0, 0.1) is 5.92 Å². The van der Waals surface area contributed by atoms with Crippen LogP contribution in [0.15, 0.2) is 0 Å². The van der Waals surface area contributed by atoms with Crippen LogP contribution in [0.5, 0.6) is 0 Å². The van der Waals surface area contributed by atoms with E-state index in [9.17, 15) is 9.90 Å². The van der Waals surface area contributed by atoms with Gasteiger partial charge in [0, 0.05) is 6.42 Å². The Kier molecular flexibility index (Phi) is 1.65. The number of rotatable bonds is 0. The highest BCUT2D eigenvalue weighted by Crippen LogP contribution is 2.47. The first kappa shape index (κ1) is 9.16. The van der Waals surface area contributed by atoms with Gasteiger partial charge in [0.05, 0.1) is 11.7 Å². The molecule has 1 N–H and O–H groups in total. The minimum atomic E-state index is -0.946. The van der Waals surface area contributed by atoms with Crippen molar-refractivity contribution in [1.29, 1.82) is 0 Å². The first-order valence-corrected chi connectivity index (χ1v) is 4.78. The maximum Gasteiger partial charge on any atom is 0.167 e. The van der Waals surface area contributed by atoms with Crippen molar-refractivity contribution in [2.24, 2.45) is 5.92 Å². The molecule has 0 aromatic rings. The van der Waals surface area contributed by atoms with E-state index < -0.39 is 11.7 Å². The standard InChI is InChI=1S/C10H16O3/c1-9(2)6-4-7(11)10(3,13-9)8(12)5-6/h6-7,11H,4-5H2,1-3H3. The summed E-state index contributed by atoms with van der Waals surface area (Å²) in [7, 11) is 0. The molecule has 0 spiro atoms. The lowest BCUT2D eigenvalue weighted by atomic mass is 9.66. The summed E-state index contributed by atoms with van der Waals surface area (Å²) in [5, 5.41) is 9.72. The Bertz CT molecular complexity index is 259. The number of fused-ring (bicyclic) bond motifs is 3. The number of ketones is 1. The molecule has 0 radical (unpaired) electrons. The lowest BCUT2D eigenvalue weighted by Gasteiger charge is -2.54. The lowest BCUT2D eigenvalue weighted by molar-refractivity contribution is -0.254. The first-order chi connectivity index (χ1) is 5.86. The summed E-state index contributed by atoms with van der Waals surface area (Å²) in [6.07, 6.45) is 0.627. The first-order valence-electron chi connectivity index (χ1n) is 4.78. The zero-order valence-corrected chi connectivity index (χ0v) is 8.33. The van der Waals surface area contributed by atoms with E-state index >= 15 is 0 Å². The Labute approximate surface area is 78.1 Å². The second-order valence-electron chi connectivity index (χ2n) is 4.89. The van der Waals surface area contributed by atoms with Gasteiger partial charge in [-0.1, -0.05) is 0 Å². The average molecular weight is 184 g/mol. The lowest BCUT2D eigenvalue weighted by Crippen LogP contribution is -2.66. The molecule has 2 saturated heterocycles. The summed E-state index contributed by atoms with van der Waals surface area (Å²) in [6.45, 7) is 5.69. The van der Waals surface area contributed by atoms with Gasteiger partial charge < -0.3 is 9.84 Å². The van der Waals surface area contributed by atoms with Crippen LogP contribution in [-0.4, -0.2) is 28.2 Å². The van der Waals surface area contributed by atoms with Crippen molar-refractivity contribution in [1.82, 2.24) is 0 Å². The van der Waals surface area contributed by atoms with Gasteiger partial charge >= 0.3 is 0 Å². The van der Waals surface area contributed by atoms with Gasteiger partial charge in [-0.3, -0.25) is 4.79 Å². The van der Waals surface area contributed by atoms with Crippen molar-refractivity contribution in [3.05, 3.63) is 0 Å². The maximum atomic E-state index is 11.6. The SMILES string of the molecule is CC1(C)OC2(C)C(=O)CC1CC2O. The van der Waals surface area contributed by atoms with Crippen molar-refractivity contribution < 1.29 is 14.6 Å². The summed E-state index contributed by atoms with van der Waals surface area (Å²) in [4.78, 5) is 11.6. The predicted molar refractivity (Wildman–Crippen MR) is 47.3 cm³/mol. The fraction of sp³-hybridized carbons (Fsp3) is 0.900. The van der Waals surface area contributed by atoms with Crippen LogP contribution >= 0.6 is 0 Å². The Morgan fingerprint density at radius 1 is 1.46 bits per heavy atom. The molecular formula is C10H16O3. The number of aliphatic hydroxyl groups excluding tert-OH is 1. The van der Waals surface area contributed by atoms with Gasteiger partial charge in [0.25, 0.3) is 0 Å². The summed E-state index contributed by atoms with van der Waals surface area (Å²) >= 11 is 0. The molecule has 0 aromatic heterocycles. The molecule has 3 aliphatic rings. The van der Waals surface area contributed by atoms with Gasteiger partial charge in [-0.25, -0.2) is 0 Å². The topological polar surface area (TPSA) is 46.5 Å². The Hall–Kier alpha value is -0.410.